The second-order valence-electron chi connectivity index (χ2n) is 4.85. The molecule has 3 nitrogen and oxygen atoms in total. The Labute approximate surface area is 114 Å². The number of hydrogen-bond donors (Lipinski definition) is 2. The molecule has 3 N–H and O–H groups in total. The van der Waals surface area contributed by atoms with Gasteiger partial charge in [0.25, 0.3) is 0 Å². The lowest BCUT2D eigenvalue weighted by atomic mass is 9.80. The van der Waals surface area contributed by atoms with Gasteiger partial charge in [0.15, 0.2) is 0 Å². The van der Waals surface area contributed by atoms with Gasteiger partial charge in [-0.05, 0) is 12.1 Å². The summed E-state index contributed by atoms with van der Waals surface area (Å²) in [6.07, 6.45) is 9.46. The van der Waals surface area contributed by atoms with Crippen LogP contribution in [0.25, 0.3) is 0 Å². The second-order valence-corrected chi connectivity index (χ2v) is 6.80. The summed E-state index contributed by atoms with van der Waals surface area (Å²) in [5.41, 5.74) is 5.64. The van der Waals surface area contributed by atoms with Gasteiger partial charge in [-0.2, -0.15) is 0 Å². The molecular formula is C15H18N2OS. The van der Waals surface area contributed by atoms with Crippen molar-refractivity contribution in [2.45, 2.75) is 17.9 Å². The number of nitrogens with one attached hydrogen (secondary N) is 1. The molecule has 0 saturated carbocycles. The lowest BCUT2D eigenvalue weighted by Gasteiger charge is -2.29. The van der Waals surface area contributed by atoms with Crippen LogP contribution in [-0.4, -0.2) is 10.3 Å². The molecule has 100 valence electrons. The monoisotopic (exact) mass is 274 g/mol. The topological polar surface area (TPSA) is 66.9 Å². The zero-order valence-electron chi connectivity index (χ0n) is 10.8. The maximum Gasteiger partial charge on any atom is 0.0940 e. The minimum Gasteiger partial charge on any atom is -0.323 e. The summed E-state index contributed by atoms with van der Waals surface area (Å²) >= 11 is 0. The summed E-state index contributed by atoms with van der Waals surface area (Å²) in [7, 11) is -2.92. The largest absolute Gasteiger partial charge is 0.323 e. The highest BCUT2D eigenvalue weighted by atomic mass is 32.2. The standard InChI is InChI=1S/C15H18N2OS/c1-15(10-6-5-9-14(15)16)11-12-19(17,18)13-7-3-2-4-8-13/h2-12,14,17H,16H2,1H3/b12-11+. The van der Waals surface area contributed by atoms with Gasteiger partial charge in [-0.25, -0.2) is 8.99 Å². The molecule has 1 aromatic rings. The van der Waals surface area contributed by atoms with Gasteiger partial charge >= 0.3 is 0 Å². The van der Waals surface area contributed by atoms with Crippen molar-refractivity contribution < 1.29 is 4.21 Å². The maximum atomic E-state index is 12.4. The van der Waals surface area contributed by atoms with E-state index in [1.54, 1.807) is 30.3 Å². The van der Waals surface area contributed by atoms with Crippen LogP contribution in [0.4, 0.5) is 0 Å². The molecule has 0 radical (unpaired) electrons. The summed E-state index contributed by atoms with van der Waals surface area (Å²) in [5.74, 6) is 0. The van der Waals surface area contributed by atoms with Gasteiger partial charge < -0.3 is 5.73 Å². The van der Waals surface area contributed by atoms with Crippen LogP contribution in [0, 0.1) is 10.2 Å². The summed E-state index contributed by atoms with van der Waals surface area (Å²) in [5, 5.41) is 1.46. The number of allylic oxidation sites excluding steroid dienone is 2. The van der Waals surface area contributed by atoms with Crippen LogP contribution in [0.3, 0.4) is 0 Å². The Morgan fingerprint density at radius 1 is 1.32 bits per heavy atom. The molecule has 4 heteroatoms. The number of benzene rings is 1. The van der Waals surface area contributed by atoms with E-state index >= 15 is 0 Å². The highest BCUT2D eigenvalue weighted by Gasteiger charge is 2.26. The fourth-order valence-corrected chi connectivity index (χ4v) is 3.08. The number of hydrogen-bond acceptors (Lipinski definition) is 3. The van der Waals surface area contributed by atoms with E-state index < -0.39 is 15.1 Å². The maximum absolute atomic E-state index is 12.4. The van der Waals surface area contributed by atoms with E-state index in [1.807, 2.05) is 37.3 Å². The average Bonchev–Trinajstić information content (AvgIpc) is 2.42. The molecule has 3 atom stereocenters. The van der Waals surface area contributed by atoms with Gasteiger partial charge in [0.05, 0.1) is 14.6 Å². The van der Waals surface area contributed by atoms with Crippen molar-refractivity contribution in [2.75, 3.05) is 0 Å². The Hall–Kier alpha value is -1.65. The van der Waals surface area contributed by atoms with E-state index in [1.165, 1.54) is 5.41 Å². The molecule has 0 fully saturated rings. The molecule has 0 saturated heterocycles. The molecule has 2 rings (SSSR count). The van der Waals surface area contributed by atoms with E-state index in [0.717, 1.165) is 0 Å². The molecule has 0 aromatic heterocycles. The third kappa shape index (κ3) is 3.03. The minimum absolute atomic E-state index is 0.167. The molecule has 19 heavy (non-hydrogen) atoms. The minimum atomic E-state index is -2.92. The Morgan fingerprint density at radius 3 is 2.63 bits per heavy atom. The number of rotatable bonds is 3. The Bertz CT molecular complexity index is 629. The Kier molecular flexibility index (Phi) is 3.73. The predicted molar refractivity (Wildman–Crippen MR) is 79.1 cm³/mol. The summed E-state index contributed by atoms with van der Waals surface area (Å²) in [6.45, 7) is 1.97. The van der Waals surface area contributed by atoms with Crippen LogP contribution in [-0.2, 0) is 9.73 Å². The second kappa shape index (κ2) is 5.15. The molecular weight excluding hydrogens is 256 g/mol. The molecule has 1 aromatic carbocycles. The predicted octanol–water partition coefficient (Wildman–Crippen LogP) is 3.07. The fraction of sp³-hybridized carbons (Fsp3) is 0.200. The summed E-state index contributed by atoms with van der Waals surface area (Å²) < 4.78 is 20.4. The summed E-state index contributed by atoms with van der Waals surface area (Å²) in [6, 6.07) is 8.66. The first-order valence-corrected chi connectivity index (χ1v) is 7.71. The smallest absolute Gasteiger partial charge is 0.0940 e. The van der Waals surface area contributed by atoms with Crippen molar-refractivity contribution >= 4 is 9.73 Å². The quantitative estimate of drug-likeness (QED) is 0.889. The third-order valence-electron chi connectivity index (χ3n) is 3.32. The van der Waals surface area contributed by atoms with E-state index in [2.05, 4.69) is 0 Å². The zero-order valence-corrected chi connectivity index (χ0v) is 11.6. The van der Waals surface area contributed by atoms with Crippen LogP contribution < -0.4 is 5.73 Å². The van der Waals surface area contributed by atoms with Crippen LogP contribution in [0.5, 0.6) is 0 Å². The number of nitrogens with two attached hydrogens (primary N) is 1. The van der Waals surface area contributed by atoms with Crippen LogP contribution in [0.15, 0.2) is 71.0 Å². The molecule has 0 amide bonds. The Morgan fingerprint density at radius 2 is 2.00 bits per heavy atom. The van der Waals surface area contributed by atoms with Crippen molar-refractivity contribution in [1.29, 1.82) is 4.78 Å². The van der Waals surface area contributed by atoms with Crippen LogP contribution >= 0.6 is 0 Å². The van der Waals surface area contributed by atoms with Crippen molar-refractivity contribution in [3.8, 4) is 0 Å². The first-order chi connectivity index (χ1) is 8.94. The molecule has 1 aliphatic carbocycles. The van der Waals surface area contributed by atoms with E-state index in [-0.39, 0.29) is 6.04 Å². The fourth-order valence-electron chi connectivity index (χ4n) is 1.88. The molecule has 0 spiro atoms. The van der Waals surface area contributed by atoms with E-state index in [0.29, 0.717) is 4.90 Å². The first-order valence-electron chi connectivity index (χ1n) is 6.09. The van der Waals surface area contributed by atoms with Crippen molar-refractivity contribution in [3.63, 3.8) is 0 Å². The van der Waals surface area contributed by atoms with Gasteiger partial charge in [0.1, 0.15) is 0 Å². The Balaban J connectivity index is 2.28. The van der Waals surface area contributed by atoms with Gasteiger partial charge in [0.2, 0.25) is 0 Å². The summed E-state index contributed by atoms with van der Waals surface area (Å²) in [4.78, 5) is 0.513. The van der Waals surface area contributed by atoms with Gasteiger partial charge in [-0.15, -0.1) is 0 Å². The van der Waals surface area contributed by atoms with Crippen molar-refractivity contribution in [2.24, 2.45) is 11.1 Å². The third-order valence-corrected chi connectivity index (χ3v) is 4.81. The van der Waals surface area contributed by atoms with Crippen molar-refractivity contribution in [1.82, 2.24) is 0 Å². The average molecular weight is 274 g/mol. The van der Waals surface area contributed by atoms with Crippen LogP contribution in [0.2, 0.25) is 0 Å². The van der Waals surface area contributed by atoms with Gasteiger partial charge in [-0.3, -0.25) is 0 Å². The SMILES string of the molecule is CC1(/C=C/S(=N)(=O)c2ccccc2)C=CC=CC1N. The first kappa shape index (κ1) is 13.8. The normalized spacial score (nSPS) is 29.5. The molecule has 0 heterocycles. The highest BCUT2D eigenvalue weighted by Crippen LogP contribution is 2.29. The molecule has 3 unspecified atom stereocenters. The van der Waals surface area contributed by atoms with Gasteiger partial charge in [-0.1, -0.05) is 55.5 Å². The van der Waals surface area contributed by atoms with Gasteiger partial charge in [0, 0.05) is 16.9 Å². The van der Waals surface area contributed by atoms with E-state index in [9.17, 15) is 4.21 Å². The van der Waals surface area contributed by atoms with Crippen LogP contribution in [0.1, 0.15) is 6.92 Å². The highest BCUT2D eigenvalue weighted by molar-refractivity contribution is 7.95. The van der Waals surface area contributed by atoms with Crippen molar-refractivity contribution in [3.05, 3.63) is 66.1 Å². The molecule has 1 aliphatic rings. The van der Waals surface area contributed by atoms with E-state index in [4.69, 9.17) is 10.5 Å². The molecule has 0 bridgehead atoms. The molecule has 0 aliphatic heterocycles. The zero-order chi connectivity index (χ0) is 13.9. The lowest BCUT2D eigenvalue weighted by molar-refractivity contribution is 0.481. The lowest BCUT2D eigenvalue weighted by Crippen LogP contribution is -2.36.